The van der Waals surface area contributed by atoms with Crippen LogP contribution in [0.5, 0.6) is 0 Å². The Morgan fingerprint density at radius 3 is 2.30 bits per heavy atom. The minimum atomic E-state index is -0.321. The SMILES string of the molecule is CN1/C(=C/C=C2C=C(/C=C/C3N(CCCCCC(=O)NCCN4C(=O)C=CC4=O)c4ccccc4C3(C)C)CCC2)C(C)(C)c2ccccc21. The largest absolute Gasteiger partial charge is 0.364 e. The number of likely N-dealkylation sites (N-methyl/N-ethyl adjacent to an activating group) is 1. The molecule has 0 radical (unpaired) electrons. The van der Waals surface area contributed by atoms with Crippen LogP contribution in [0.2, 0.25) is 0 Å². The fourth-order valence-corrected chi connectivity index (χ4v) is 8.21. The van der Waals surface area contributed by atoms with E-state index in [1.165, 1.54) is 51.5 Å². The van der Waals surface area contributed by atoms with Gasteiger partial charge in [0.25, 0.3) is 11.8 Å². The highest BCUT2D eigenvalue weighted by molar-refractivity contribution is 6.12. The predicted octanol–water partition coefficient (Wildman–Crippen LogP) is 7.66. The van der Waals surface area contributed by atoms with Gasteiger partial charge in [0.2, 0.25) is 5.91 Å². The van der Waals surface area contributed by atoms with E-state index in [1.807, 2.05) is 0 Å². The van der Waals surface area contributed by atoms with E-state index in [2.05, 4.69) is 129 Å². The molecular weight excluding hydrogens is 620 g/mol. The number of anilines is 2. The van der Waals surface area contributed by atoms with Gasteiger partial charge < -0.3 is 15.1 Å². The zero-order chi connectivity index (χ0) is 35.5. The van der Waals surface area contributed by atoms with Crippen LogP contribution in [0.25, 0.3) is 0 Å². The summed E-state index contributed by atoms with van der Waals surface area (Å²) in [7, 11) is 2.18. The van der Waals surface area contributed by atoms with Crippen molar-refractivity contribution in [1.29, 1.82) is 0 Å². The van der Waals surface area contributed by atoms with Gasteiger partial charge in [-0.3, -0.25) is 19.3 Å². The number of carbonyl (C=O) groups is 3. The number of unbranched alkanes of at least 4 members (excludes halogenated alkanes) is 2. The van der Waals surface area contributed by atoms with Gasteiger partial charge in [-0.2, -0.15) is 0 Å². The molecule has 1 atom stereocenters. The molecule has 0 saturated heterocycles. The van der Waals surface area contributed by atoms with Crippen molar-refractivity contribution in [2.45, 2.75) is 89.5 Å². The minimum absolute atomic E-state index is 0.0288. The van der Waals surface area contributed by atoms with Gasteiger partial charge in [-0.15, -0.1) is 0 Å². The highest BCUT2D eigenvalue weighted by atomic mass is 16.2. The monoisotopic (exact) mass is 672 g/mol. The van der Waals surface area contributed by atoms with E-state index in [1.54, 1.807) is 0 Å². The van der Waals surface area contributed by atoms with E-state index >= 15 is 0 Å². The van der Waals surface area contributed by atoms with Crippen LogP contribution in [0.1, 0.15) is 83.8 Å². The molecule has 2 aromatic carbocycles. The number of nitrogens with zero attached hydrogens (tertiary/aromatic N) is 3. The van der Waals surface area contributed by atoms with Crippen LogP contribution >= 0.6 is 0 Å². The van der Waals surface area contributed by atoms with Gasteiger partial charge in [0.05, 0.1) is 6.04 Å². The van der Waals surface area contributed by atoms with Crippen LogP contribution < -0.4 is 15.1 Å². The van der Waals surface area contributed by atoms with Gasteiger partial charge in [-0.1, -0.05) is 94.8 Å². The van der Waals surface area contributed by atoms with Crippen molar-refractivity contribution in [3.05, 3.63) is 119 Å². The summed E-state index contributed by atoms with van der Waals surface area (Å²) in [6, 6.07) is 17.8. The first-order valence-electron chi connectivity index (χ1n) is 18.3. The first-order valence-corrected chi connectivity index (χ1v) is 18.3. The van der Waals surface area contributed by atoms with Gasteiger partial charge in [-0.05, 0) is 72.6 Å². The summed E-state index contributed by atoms with van der Waals surface area (Å²) in [5, 5.41) is 2.85. The number of allylic oxidation sites excluding steroid dienone is 7. The predicted molar refractivity (Wildman–Crippen MR) is 203 cm³/mol. The number of fused-ring (bicyclic) bond motifs is 2. The van der Waals surface area contributed by atoms with E-state index in [0.717, 1.165) is 50.0 Å². The third kappa shape index (κ3) is 7.14. The standard InChI is InChI=1S/C43H52N4O3/c1-42(2)33-16-8-10-18-35(33)45(5)37(42)23-21-31-14-13-15-32(30-31)22-24-38-43(3,4)34-17-9-11-19-36(34)46(38)28-12-6-7-20-39(48)44-27-29-47-40(49)25-26-41(47)50/h8-11,16-19,21-26,30,38H,6-7,12-15,20,27-29H2,1-5H3,(H,44,48)/b24-22+,31-21?,37-23+. The summed E-state index contributed by atoms with van der Waals surface area (Å²) in [5.41, 5.74) is 9.39. The molecule has 262 valence electrons. The summed E-state index contributed by atoms with van der Waals surface area (Å²) in [5.74, 6) is -0.685. The van der Waals surface area contributed by atoms with Gasteiger partial charge >= 0.3 is 0 Å². The Balaban J connectivity index is 1.07. The molecule has 0 aromatic heterocycles. The third-order valence-electron chi connectivity index (χ3n) is 11.0. The Hall–Kier alpha value is -4.65. The van der Waals surface area contributed by atoms with E-state index < -0.39 is 0 Å². The number of hydrogen-bond donors (Lipinski definition) is 1. The second-order valence-corrected chi connectivity index (χ2v) is 15.1. The van der Waals surface area contributed by atoms with Crippen molar-refractivity contribution in [2.75, 3.05) is 36.5 Å². The first-order chi connectivity index (χ1) is 24.0. The molecule has 1 aliphatic carbocycles. The lowest BCUT2D eigenvalue weighted by molar-refractivity contribution is -0.137. The summed E-state index contributed by atoms with van der Waals surface area (Å²) in [6.45, 7) is 10.8. The Morgan fingerprint density at radius 2 is 1.56 bits per heavy atom. The maximum absolute atomic E-state index is 12.4. The van der Waals surface area contributed by atoms with Crippen LogP contribution in [0.3, 0.4) is 0 Å². The molecule has 7 nitrogen and oxygen atoms in total. The molecule has 1 N–H and O–H groups in total. The molecule has 4 aliphatic rings. The Bertz CT molecular complexity index is 1770. The Morgan fingerprint density at radius 1 is 0.860 bits per heavy atom. The zero-order valence-corrected chi connectivity index (χ0v) is 30.4. The van der Waals surface area contributed by atoms with Crippen LogP contribution in [0.15, 0.2) is 108 Å². The lowest BCUT2D eigenvalue weighted by Crippen LogP contribution is -2.40. The summed E-state index contributed by atoms with van der Waals surface area (Å²) >= 11 is 0. The van der Waals surface area contributed by atoms with Gasteiger partial charge in [0.15, 0.2) is 0 Å². The fourth-order valence-electron chi connectivity index (χ4n) is 8.21. The Labute approximate surface area is 298 Å². The number of amides is 3. The van der Waals surface area contributed by atoms with Gasteiger partial charge in [0, 0.05) is 73.2 Å². The number of imide groups is 1. The van der Waals surface area contributed by atoms with Crippen molar-refractivity contribution in [1.82, 2.24) is 10.2 Å². The molecule has 2 aromatic rings. The highest BCUT2D eigenvalue weighted by Crippen LogP contribution is 2.47. The molecule has 1 unspecified atom stereocenters. The van der Waals surface area contributed by atoms with Gasteiger partial charge in [0.1, 0.15) is 0 Å². The number of para-hydroxylation sites is 2. The molecule has 0 saturated carbocycles. The first kappa shape index (κ1) is 35.2. The minimum Gasteiger partial charge on any atom is -0.364 e. The molecule has 0 bridgehead atoms. The molecule has 6 rings (SSSR count). The number of hydrogen-bond acceptors (Lipinski definition) is 5. The number of benzene rings is 2. The van der Waals surface area contributed by atoms with Crippen molar-refractivity contribution in [3.63, 3.8) is 0 Å². The summed E-state index contributed by atoms with van der Waals surface area (Å²) in [4.78, 5) is 41.9. The topological polar surface area (TPSA) is 73.0 Å². The molecule has 3 aliphatic heterocycles. The molecule has 50 heavy (non-hydrogen) atoms. The highest BCUT2D eigenvalue weighted by Gasteiger charge is 2.42. The smallest absolute Gasteiger partial charge is 0.253 e. The number of carbonyl (C=O) groups excluding carboxylic acids is 3. The van der Waals surface area contributed by atoms with Gasteiger partial charge in [-0.25, -0.2) is 0 Å². The van der Waals surface area contributed by atoms with Crippen LogP contribution in [0, 0.1) is 0 Å². The second kappa shape index (κ2) is 14.7. The average molecular weight is 673 g/mol. The second-order valence-electron chi connectivity index (χ2n) is 15.1. The normalized spacial score (nSPS) is 22.2. The average Bonchev–Trinajstić information content (AvgIpc) is 3.61. The van der Waals surface area contributed by atoms with Crippen LogP contribution in [-0.4, -0.2) is 55.3 Å². The Kier molecular flexibility index (Phi) is 10.3. The molecule has 3 heterocycles. The zero-order valence-electron chi connectivity index (χ0n) is 30.4. The lowest BCUT2D eigenvalue weighted by atomic mass is 9.80. The summed E-state index contributed by atoms with van der Waals surface area (Å²) in [6.07, 6.45) is 20.9. The van der Waals surface area contributed by atoms with E-state index in [9.17, 15) is 14.4 Å². The molecule has 0 spiro atoms. The lowest BCUT2D eigenvalue weighted by Gasteiger charge is -2.32. The van der Waals surface area contributed by atoms with Crippen molar-refractivity contribution >= 4 is 29.1 Å². The van der Waals surface area contributed by atoms with Crippen LogP contribution in [0.4, 0.5) is 11.4 Å². The number of nitrogens with one attached hydrogen (secondary N) is 1. The third-order valence-corrected chi connectivity index (χ3v) is 11.0. The molecular formula is C43H52N4O3. The van der Waals surface area contributed by atoms with E-state index in [4.69, 9.17) is 0 Å². The van der Waals surface area contributed by atoms with Crippen molar-refractivity contribution < 1.29 is 14.4 Å². The van der Waals surface area contributed by atoms with Crippen LogP contribution in [-0.2, 0) is 25.2 Å². The van der Waals surface area contributed by atoms with Crippen molar-refractivity contribution in [3.8, 4) is 0 Å². The molecule has 3 amide bonds. The quantitative estimate of drug-likeness (QED) is 0.185. The van der Waals surface area contributed by atoms with E-state index in [0.29, 0.717) is 6.42 Å². The maximum Gasteiger partial charge on any atom is 0.253 e. The molecule has 7 heteroatoms. The van der Waals surface area contributed by atoms with E-state index in [-0.39, 0.29) is 47.7 Å². The molecule has 0 fully saturated rings. The fraction of sp³-hybridized carbons (Fsp3) is 0.419. The number of rotatable bonds is 12. The van der Waals surface area contributed by atoms with Crippen molar-refractivity contribution in [2.24, 2.45) is 0 Å². The summed E-state index contributed by atoms with van der Waals surface area (Å²) < 4.78 is 0. The maximum atomic E-state index is 12.4.